The third-order valence-electron chi connectivity index (χ3n) is 11.8. The molecular formula is C56H58N2O7. The van der Waals surface area contributed by atoms with Gasteiger partial charge >= 0.3 is 0 Å². The van der Waals surface area contributed by atoms with Crippen molar-refractivity contribution in [3.05, 3.63) is 221 Å². The smallest absolute Gasteiger partial charge is 0.237 e. The van der Waals surface area contributed by atoms with E-state index >= 15 is 4.79 Å². The minimum absolute atomic E-state index is 0.0314. The lowest BCUT2D eigenvalue weighted by Crippen LogP contribution is -2.64. The van der Waals surface area contributed by atoms with E-state index in [1.54, 1.807) is 0 Å². The molecule has 6 aromatic carbocycles. The first-order valence-electron chi connectivity index (χ1n) is 22.5. The van der Waals surface area contributed by atoms with Crippen LogP contribution >= 0.6 is 0 Å². The second kappa shape index (κ2) is 22.5. The van der Waals surface area contributed by atoms with E-state index in [9.17, 15) is 0 Å². The predicted octanol–water partition coefficient (Wildman–Crippen LogP) is 10.9. The normalized spacial score (nSPS) is 18.5. The molecule has 7 aromatic rings. The van der Waals surface area contributed by atoms with Gasteiger partial charge in [0.05, 0.1) is 45.1 Å². The average Bonchev–Trinajstić information content (AvgIpc) is 3.66. The van der Waals surface area contributed by atoms with Crippen LogP contribution in [0.1, 0.15) is 64.5 Å². The molecule has 8 rings (SSSR count). The van der Waals surface area contributed by atoms with Crippen LogP contribution in [0.3, 0.4) is 0 Å². The summed E-state index contributed by atoms with van der Waals surface area (Å²) in [4.78, 5) is 15.5. The molecule has 1 saturated carbocycles. The van der Waals surface area contributed by atoms with Crippen LogP contribution in [0.25, 0.3) is 0 Å². The minimum atomic E-state index is -1.12. The molecule has 0 bridgehead atoms. The fraction of sp³-hybridized carbons (Fsp3) is 0.286. The average molecular weight is 871 g/mol. The van der Waals surface area contributed by atoms with Gasteiger partial charge < -0.3 is 28.4 Å². The number of Topliss-reactive ketones (excluding diaryl/α,β-unsaturated/α-hetero) is 1. The summed E-state index contributed by atoms with van der Waals surface area (Å²) in [6, 6.07) is 58.1. The number of carbonyl (C=O) groups is 1. The van der Waals surface area contributed by atoms with Gasteiger partial charge in [0, 0.05) is 23.7 Å². The number of rotatable bonds is 21. The standard InChI is InChI=1S/C56H58N2O7/c1-40(2)58-41(3)49(33-42-29-31-48(32-30-42)61-35-44-21-11-5-12-22-44)56(57-58)65-53-51(59)50(39-60-34-43-19-9-4-10-20-43)52(62-36-45-23-13-6-14-24-45)54(63-37-46-25-15-7-16-26-46)55(53)64-38-47-27-17-8-18-28-47/h4-32,40,50,52-55H,33-39H2,1-3H3/t50-,52+,53+,54-,55-/m0/s1. The number of benzene rings is 6. The van der Waals surface area contributed by atoms with Crippen molar-refractivity contribution in [2.75, 3.05) is 6.61 Å². The van der Waals surface area contributed by atoms with Crippen LogP contribution in [0.2, 0.25) is 0 Å². The van der Waals surface area contributed by atoms with E-state index in [1.165, 1.54) is 0 Å². The number of nitrogens with zero attached hydrogens (tertiary/aromatic N) is 2. The highest BCUT2D eigenvalue weighted by molar-refractivity contribution is 5.88. The number of aromatic nitrogens is 2. The first kappa shape index (κ1) is 45.2. The van der Waals surface area contributed by atoms with Crippen LogP contribution in [0.5, 0.6) is 11.6 Å². The molecule has 0 N–H and O–H groups in total. The fourth-order valence-electron chi connectivity index (χ4n) is 8.28. The number of hydrogen-bond acceptors (Lipinski definition) is 8. The van der Waals surface area contributed by atoms with Gasteiger partial charge in [0.15, 0.2) is 11.9 Å². The van der Waals surface area contributed by atoms with Crippen molar-refractivity contribution in [2.45, 2.75) is 90.7 Å². The van der Waals surface area contributed by atoms with E-state index in [2.05, 4.69) is 45.0 Å². The Bertz CT molecular complexity index is 2500. The summed E-state index contributed by atoms with van der Waals surface area (Å²) < 4.78 is 42.3. The Morgan fingerprint density at radius 2 is 0.969 bits per heavy atom. The van der Waals surface area contributed by atoms with Crippen LogP contribution in [0.15, 0.2) is 176 Å². The van der Waals surface area contributed by atoms with Crippen molar-refractivity contribution >= 4 is 5.78 Å². The van der Waals surface area contributed by atoms with E-state index in [-0.39, 0.29) is 38.3 Å². The van der Waals surface area contributed by atoms with Gasteiger partial charge in [0.1, 0.15) is 24.6 Å². The van der Waals surface area contributed by atoms with Crippen molar-refractivity contribution in [3.8, 4) is 11.6 Å². The van der Waals surface area contributed by atoms with Crippen LogP contribution < -0.4 is 9.47 Å². The number of ketones is 1. The zero-order valence-electron chi connectivity index (χ0n) is 37.4. The van der Waals surface area contributed by atoms with E-state index in [0.717, 1.165) is 50.4 Å². The zero-order chi connectivity index (χ0) is 44.8. The Morgan fingerprint density at radius 3 is 1.46 bits per heavy atom. The Kier molecular flexibility index (Phi) is 15.7. The monoisotopic (exact) mass is 870 g/mol. The summed E-state index contributed by atoms with van der Waals surface area (Å²) in [5.74, 6) is 0.184. The van der Waals surface area contributed by atoms with Gasteiger partial charge in [-0.25, -0.2) is 0 Å². The van der Waals surface area contributed by atoms with Gasteiger partial charge in [-0.05, 0) is 66.3 Å². The highest BCUT2D eigenvalue weighted by atomic mass is 16.6. The molecule has 1 fully saturated rings. The molecule has 65 heavy (non-hydrogen) atoms. The Hall–Kier alpha value is -6.36. The van der Waals surface area contributed by atoms with Crippen molar-refractivity contribution < 1.29 is 33.2 Å². The predicted molar refractivity (Wildman–Crippen MR) is 251 cm³/mol. The van der Waals surface area contributed by atoms with Crippen LogP contribution in [0.4, 0.5) is 0 Å². The van der Waals surface area contributed by atoms with E-state index in [1.807, 2.05) is 156 Å². The van der Waals surface area contributed by atoms with Gasteiger partial charge in [-0.3, -0.25) is 9.48 Å². The largest absolute Gasteiger partial charge is 0.489 e. The lowest BCUT2D eigenvalue weighted by molar-refractivity contribution is -0.215. The molecule has 9 heteroatoms. The number of hydrogen-bond donors (Lipinski definition) is 0. The van der Waals surface area contributed by atoms with Gasteiger partial charge in [0.2, 0.25) is 5.88 Å². The third-order valence-corrected chi connectivity index (χ3v) is 11.8. The maximum Gasteiger partial charge on any atom is 0.237 e. The number of ether oxygens (including phenoxy) is 6. The summed E-state index contributed by atoms with van der Waals surface area (Å²) in [6.45, 7) is 7.85. The SMILES string of the molecule is Cc1c(Cc2ccc(OCc3ccccc3)cc2)c(O[C@@H]2C(=O)[C@H](COCc3ccccc3)[C@@H](OCc3ccccc3)[C@H](OCc3ccccc3)[C@H]2OCc2ccccc2)nn1C(C)C. The summed E-state index contributed by atoms with van der Waals surface area (Å²) in [5, 5.41) is 5.07. The summed E-state index contributed by atoms with van der Waals surface area (Å²) >= 11 is 0. The molecule has 5 atom stereocenters. The van der Waals surface area contributed by atoms with E-state index in [0.29, 0.717) is 25.5 Å². The molecule has 1 aromatic heterocycles. The maximum absolute atomic E-state index is 15.5. The fourth-order valence-corrected chi connectivity index (χ4v) is 8.28. The van der Waals surface area contributed by atoms with Crippen molar-refractivity contribution in [2.24, 2.45) is 5.92 Å². The van der Waals surface area contributed by atoms with Crippen LogP contribution in [-0.4, -0.2) is 46.6 Å². The Morgan fingerprint density at radius 1 is 0.523 bits per heavy atom. The molecule has 0 radical (unpaired) electrons. The molecule has 9 nitrogen and oxygen atoms in total. The second-order valence-corrected chi connectivity index (χ2v) is 16.8. The van der Waals surface area contributed by atoms with Gasteiger partial charge in [-0.1, -0.05) is 164 Å². The van der Waals surface area contributed by atoms with Gasteiger partial charge in [-0.15, -0.1) is 5.10 Å². The van der Waals surface area contributed by atoms with Crippen LogP contribution in [-0.2, 0) is 63.2 Å². The molecule has 0 aliphatic heterocycles. The number of carbonyl (C=O) groups excluding carboxylic acids is 1. The van der Waals surface area contributed by atoms with Gasteiger partial charge in [0.25, 0.3) is 0 Å². The highest BCUT2D eigenvalue weighted by Crippen LogP contribution is 2.37. The molecule has 0 spiro atoms. The van der Waals surface area contributed by atoms with E-state index < -0.39 is 30.3 Å². The topological polar surface area (TPSA) is 90.3 Å². The maximum atomic E-state index is 15.5. The van der Waals surface area contributed by atoms with Crippen LogP contribution in [0, 0.1) is 12.8 Å². The van der Waals surface area contributed by atoms with Crippen molar-refractivity contribution in [1.82, 2.24) is 9.78 Å². The highest BCUT2D eigenvalue weighted by Gasteiger charge is 2.54. The minimum Gasteiger partial charge on any atom is -0.489 e. The van der Waals surface area contributed by atoms with E-state index in [4.69, 9.17) is 33.5 Å². The molecule has 1 aliphatic rings. The van der Waals surface area contributed by atoms with Crippen molar-refractivity contribution in [3.63, 3.8) is 0 Å². The Balaban J connectivity index is 1.15. The third kappa shape index (κ3) is 12.1. The molecule has 1 aliphatic carbocycles. The molecule has 1 heterocycles. The zero-order valence-corrected chi connectivity index (χ0v) is 37.4. The summed E-state index contributed by atoms with van der Waals surface area (Å²) in [7, 11) is 0. The van der Waals surface area contributed by atoms with Crippen molar-refractivity contribution in [1.29, 1.82) is 0 Å². The lowest BCUT2D eigenvalue weighted by Gasteiger charge is -2.44. The summed E-state index contributed by atoms with van der Waals surface area (Å²) in [5.41, 5.74) is 7.89. The first-order valence-corrected chi connectivity index (χ1v) is 22.5. The molecule has 0 unspecified atom stereocenters. The Labute approximate surface area is 382 Å². The second-order valence-electron chi connectivity index (χ2n) is 16.8. The molecule has 334 valence electrons. The molecule has 0 amide bonds. The lowest BCUT2D eigenvalue weighted by atomic mass is 9.79. The quantitative estimate of drug-likeness (QED) is 0.0705. The summed E-state index contributed by atoms with van der Waals surface area (Å²) in [6.07, 6.45) is -3.00. The van der Waals surface area contributed by atoms with Gasteiger partial charge in [-0.2, -0.15) is 0 Å². The molecular weight excluding hydrogens is 813 g/mol. The molecule has 0 saturated heterocycles. The first-order chi connectivity index (χ1) is 31.9.